The summed E-state index contributed by atoms with van der Waals surface area (Å²) in [6.07, 6.45) is 0.0747. The van der Waals surface area contributed by atoms with Gasteiger partial charge >= 0.3 is 0 Å². The molecule has 1 unspecified atom stereocenters. The molecule has 8 heteroatoms. The standard InChI is InChI=1S/C22H26N2O5S/c1-14(25)15-7-6-8-17(11-15)23-21(26)20-13-24(30(5,27)28)18-12-16(22(2,3)4)9-10-19(18)29-20/h6-12,20H,13H2,1-5H3,(H,23,26). The van der Waals surface area contributed by atoms with E-state index < -0.39 is 22.0 Å². The number of hydrogen-bond donors (Lipinski definition) is 1. The number of benzene rings is 2. The molecule has 1 heterocycles. The Bertz CT molecular complexity index is 1100. The molecule has 2 aromatic carbocycles. The van der Waals surface area contributed by atoms with Crippen LogP contribution in [0.4, 0.5) is 11.4 Å². The highest BCUT2D eigenvalue weighted by Crippen LogP contribution is 2.38. The lowest BCUT2D eigenvalue weighted by Gasteiger charge is -2.35. The third kappa shape index (κ3) is 4.64. The molecule has 0 spiro atoms. The first-order chi connectivity index (χ1) is 13.9. The van der Waals surface area contributed by atoms with Crippen LogP contribution in [0, 0.1) is 0 Å². The number of ketones is 1. The third-order valence-electron chi connectivity index (χ3n) is 4.92. The van der Waals surface area contributed by atoms with E-state index in [-0.39, 0.29) is 17.7 Å². The van der Waals surface area contributed by atoms with Crippen molar-refractivity contribution in [2.24, 2.45) is 0 Å². The van der Waals surface area contributed by atoms with Gasteiger partial charge in [-0.05, 0) is 42.2 Å². The molecule has 1 amide bonds. The lowest BCUT2D eigenvalue weighted by Crippen LogP contribution is -2.48. The second-order valence-corrected chi connectivity index (χ2v) is 10.4. The fourth-order valence-corrected chi connectivity index (χ4v) is 4.11. The molecule has 2 aromatic rings. The van der Waals surface area contributed by atoms with Gasteiger partial charge in [-0.1, -0.05) is 39.0 Å². The first kappa shape index (κ1) is 21.8. The van der Waals surface area contributed by atoms with Crippen molar-refractivity contribution >= 4 is 33.1 Å². The summed E-state index contributed by atoms with van der Waals surface area (Å²) < 4.78 is 32.0. The van der Waals surface area contributed by atoms with E-state index in [4.69, 9.17) is 4.74 Å². The Morgan fingerprint density at radius 2 is 1.83 bits per heavy atom. The first-order valence-corrected chi connectivity index (χ1v) is 11.4. The van der Waals surface area contributed by atoms with Crippen LogP contribution in [0.15, 0.2) is 42.5 Å². The molecule has 7 nitrogen and oxygen atoms in total. The molecular formula is C22H26N2O5S. The van der Waals surface area contributed by atoms with Crippen LogP contribution in [-0.4, -0.2) is 39.0 Å². The molecule has 1 atom stereocenters. The number of nitrogens with zero attached hydrogens (tertiary/aromatic N) is 1. The van der Waals surface area contributed by atoms with Gasteiger partial charge in [-0.25, -0.2) is 8.42 Å². The van der Waals surface area contributed by atoms with Gasteiger partial charge in [0.2, 0.25) is 10.0 Å². The molecule has 0 saturated heterocycles. The van der Waals surface area contributed by atoms with Crippen LogP contribution in [0.5, 0.6) is 5.75 Å². The zero-order valence-electron chi connectivity index (χ0n) is 17.7. The van der Waals surface area contributed by atoms with E-state index in [2.05, 4.69) is 5.32 Å². The molecule has 3 rings (SSSR count). The smallest absolute Gasteiger partial charge is 0.267 e. The van der Waals surface area contributed by atoms with Crippen molar-refractivity contribution in [3.05, 3.63) is 53.6 Å². The maximum atomic E-state index is 12.8. The third-order valence-corrected chi connectivity index (χ3v) is 6.07. The zero-order chi connectivity index (χ0) is 22.3. The predicted molar refractivity (Wildman–Crippen MR) is 117 cm³/mol. The first-order valence-electron chi connectivity index (χ1n) is 9.57. The van der Waals surface area contributed by atoms with E-state index >= 15 is 0 Å². The molecule has 160 valence electrons. The van der Waals surface area contributed by atoms with Crippen LogP contribution >= 0.6 is 0 Å². The number of rotatable bonds is 4. The summed E-state index contributed by atoms with van der Waals surface area (Å²) in [6, 6.07) is 11.9. The zero-order valence-corrected chi connectivity index (χ0v) is 18.5. The quantitative estimate of drug-likeness (QED) is 0.751. The minimum absolute atomic E-state index is 0.119. The number of anilines is 2. The summed E-state index contributed by atoms with van der Waals surface area (Å²) in [5.74, 6) is -0.279. The van der Waals surface area contributed by atoms with E-state index in [1.807, 2.05) is 26.8 Å². The lowest BCUT2D eigenvalue weighted by atomic mass is 9.86. The molecular weight excluding hydrogens is 404 g/mol. The summed E-state index contributed by atoms with van der Waals surface area (Å²) in [5, 5.41) is 2.71. The van der Waals surface area contributed by atoms with Crippen molar-refractivity contribution in [3.8, 4) is 5.75 Å². The molecule has 0 fully saturated rings. The van der Waals surface area contributed by atoms with E-state index in [1.54, 1.807) is 36.4 Å². The molecule has 0 radical (unpaired) electrons. The van der Waals surface area contributed by atoms with Crippen LogP contribution in [0.25, 0.3) is 0 Å². The van der Waals surface area contributed by atoms with Gasteiger partial charge in [0.15, 0.2) is 11.9 Å². The lowest BCUT2D eigenvalue weighted by molar-refractivity contribution is -0.122. The molecule has 30 heavy (non-hydrogen) atoms. The van der Waals surface area contributed by atoms with Crippen LogP contribution in [0.3, 0.4) is 0 Å². The Balaban J connectivity index is 1.91. The van der Waals surface area contributed by atoms with Crippen molar-refractivity contribution in [2.45, 2.75) is 39.2 Å². The monoisotopic (exact) mass is 430 g/mol. The largest absolute Gasteiger partial charge is 0.476 e. The van der Waals surface area contributed by atoms with Crippen molar-refractivity contribution in [3.63, 3.8) is 0 Å². The van der Waals surface area contributed by atoms with Crippen LogP contribution in [0.2, 0.25) is 0 Å². The maximum Gasteiger partial charge on any atom is 0.267 e. The summed E-state index contributed by atoms with van der Waals surface area (Å²) in [7, 11) is -3.63. The highest BCUT2D eigenvalue weighted by atomic mass is 32.2. The Kier molecular flexibility index (Phi) is 5.64. The van der Waals surface area contributed by atoms with Crippen molar-refractivity contribution in [1.82, 2.24) is 0 Å². The average Bonchev–Trinajstić information content (AvgIpc) is 2.65. The number of carbonyl (C=O) groups excluding carboxylic acids is 2. The van der Waals surface area contributed by atoms with Gasteiger partial charge in [0, 0.05) is 11.3 Å². The molecule has 1 aliphatic rings. The minimum atomic E-state index is -3.63. The van der Waals surface area contributed by atoms with Gasteiger partial charge in [-0.3, -0.25) is 13.9 Å². The van der Waals surface area contributed by atoms with Crippen molar-refractivity contribution < 1.29 is 22.7 Å². The molecule has 0 saturated carbocycles. The topological polar surface area (TPSA) is 92.8 Å². The number of Topliss-reactive ketones (excluding diaryl/α,β-unsaturated/α-hetero) is 1. The van der Waals surface area contributed by atoms with E-state index in [0.29, 0.717) is 22.7 Å². The van der Waals surface area contributed by atoms with E-state index in [9.17, 15) is 18.0 Å². The number of ether oxygens (including phenoxy) is 1. The van der Waals surface area contributed by atoms with Crippen LogP contribution in [-0.2, 0) is 20.2 Å². The van der Waals surface area contributed by atoms with Gasteiger partial charge in [-0.15, -0.1) is 0 Å². The Morgan fingerprint density at radius 3 is 2.43 bits per heavy atom. The molecule has 0 aliphatic carbocycles. The minimum Gasteiger partial charge on any atom is -0.476 e. The molecule has 0 aromatic heterocycles. The summed E-state index contributed by atoms with van der Waals surface area (Å²) in [6.45, 7) is 7.41. The number of amides is 1. The summed E-state index contributed by atoms with van der Waals surface area (Å²) in [4.78, 5) is 24.4. The number of nitrogens with one attached hydrogen (secondary N) is 1. The fraction of sp³-hybridized carbons (Fsp3) is 0.364. The number of carbonyl (C=O) groups is 2. The van der Waals surface area contributed by atoms with Gasteiger partial charge in [0.05, 0.1) is 18.5 Å². The number of fused-ring (bicyclic) bond motifs is 1. The van der Waals surface area contributed by atoms with E-state index in [1.165, 1.54) is 11.2 Å². The van der Waals surface area contributed by atoms with E-state index in [0.717, 1.165) is 11.8 Å². The second-order valence-electron chi connectivity index (χ2n) is 8.46. The Hall–Kier alpha value is -2.87. The summed E-state index contributed by atoms with van der Waals surface area (Å²) in [5.41, 5.74) is 2.12. The van der Waals surface area contributed by atoms with Crippen LogP contribution in [0.1, 0.15) is 43.6 Å². The maximum absolute atomic E-state index is 12.8. The second kappa shape index (κ2) is 7.75. The van der Waals surface area contributed by atoms with Gasteiger partial charge in [0.25, 0.3) is 5.91 Å². The molecule has 1 N–H and O–H groups in total. The van der Waals surface area contributed by atoms with Crippen LogP contribution < -0.4 is 14.4 Å². The Morgan fingerprint density at radius 1 is 1.13 bits per heavy atom. The fourth-order valence-electron chi connectivity index (χ4n) is 3.21. The van der Waals surface area contributed by atoms with Gasteiger partial charge in [-0.2, -0.15) is 0 Å². The van der Waals surface area contributed by atoms with Crippen molar-refractivity contribution in [2.75, 3.05) is 22.4 Å². The number of sulfonamides is 1. The highest BCUT2D eigenvalue weighted by molar-refractivity contribution is 7.92. The SMILES string of the molecule is CC(=O)c1cccc(NC(=O)C2CN(S(C)(=O)=O)c3cc(C(C)(C)C)ccc3O2)c1. The molecule has 1 aliphatic heterocycles. The number of hydrogen-bond acceptors (Lipinski definition) is 5. The van der Waals surface area contributed by atoms with Gasteiger partial charge < -0.3 is 10.1 Å². The summed E-state index contributed by atoms with van der Waals surface area (Å²) >= 11 is 0. The average molecular weight is 431 g/mol. The molecule has 0 bridgehead atoms. The highest BCUT2D eigenvalue weighted by Gasteiger charge is 2.36. The Labute approximate surface area is 177 Å². The van der Waals surface area contributed by atoms with Crippen molar-refractivity contribution in [1.29, 1.82) is 0 Å². The predicted octanol–water partition coefficient (Wildman–Crippen LogP) is 3.35. The van der Waals surface area contributed by atoms with Gasteiger partial charge in [0.1, 0.15) is 5.75 Å². The normalized spacial score (nSPS) is 16.4.